The Balaban J connectivity index is 0.000000512. The van der Waals surface area contributed by atoms with Crippen molar-refractivity contribution in [3.05, 3.63) is 158 Å². The van der Waals surface area contributed by atoms with Gasteiger partial charge >= 0.3 is 0 Å². The van der Waals surface area contributed by atoms with E-state index in [1.807, 2.05) is 6.07 Å². The molecule has 0 unspecified atom stereocenters. The van der Waals surface area contributed by atoms with Crippen LogP contribution < -0.4 is 21.9 Å². The summed E-state index contributed by atoms with van der Waals surface area (Å²) in [5, 5.41) is 0. The molecule has 0 heterocycles. The van der Waals surface area contributed by atoms with E-state index in [4.69, 9.17) is 0 Å². The Morgan fingerprint density at radius 3 is 0.772 bits per heavy atom. The molecule has 0 amide bonds. The van der Waals surface area contributed by atoms with E-state index in [2.05, 4.69) is 48.9 Å². The normalized spacial score (nSPS) is 11.8. The first kappa shape index (κ1) is 44.6. The summed E-state index contributed by atoms with van der Waals surface area (Å²) >= 11 is 0. The number of benzene rings is 5. The van der Waals surface area contributed by atoms with Crippen LogP contribution in [0.15, 0.2) is 36.4 Å². The van der Waals surface area contributed by atoms with Gasteiger partial charge in [-0.2, -0.15) is 0 Å². The van der Waals surface area contributed by atoms with Crippen molar-refractivity contribution in [2.24, 2.45) is 0 Å². The van der Waals surface area contributed by atoms with E-state index in [1.54, 1.807) is 0 Å². The van der Waals surface area contributed by atoms with Crippen LogP contribution in [0.1, 0.15) is 5.56 Å². The summed E-state index contributed by atoms with van der Waals surface area (Å²) < 4.78 is 294. The third-order valence-corrected chi connectivity index (χ3v) is 9.11. The predicted octanol–water partition coefficient (Wildman–Crippen LogP) is 8.42. The van der Waals surface area contributed by atoms with Crippen molar-refractivity contribution >= 4 is 45.0 Å². The second kappa shape index (κ2) is 16.8. The van der Waals surface area contributed by atoms with Crippen molar-refractivity contribution in [2.75, 3.05) is 18.3 Å². The molecule has 5 aromatic rings. The maximum Gasteiger partial charge on any atom is 0.200 e. The summed E-state index contributed by atoms with van der Waals surface area (Å²) in [5.74, 6) is -70.2. The fraction of sp³-hybridized carbons (Fsp3) is 0.0857. The molecule has 57 heavy (non-hydrogen) atoms. The molecule has 0 radical (unpaired) electrons. The van der Waals surface area contributed by atoms with Gasteiger partial charge in [-0.1, -0.05) is 36.4 Å². The first-order valence-corrected chi connectivity index (χ1v) is 17.2. The minimum Gasteiger partial charge on any atom is -0.207 e. The van der Waals surface area contributed by atoms with Gasteiger partial charge in [0.15, 0.2) is 69.8 Å². The zero-order valence-electron chi connectivity index (χ0n) is 27.8. The lowest BCUT2D eigenvalue weighted by molar-refractivity contribution is 0.378. The van der Waals surface area contributed by atoms with Gasteiger partial charge in [0.05, 0.1) is 12.5 Å². The number of halogens is 20. The van der Waals surface area contributed by atoms with Crippen LogP contribution in [0.5, 0.6) is 0 Å². The second-order valence-corrected chi connectivity index (χ2v) is 14.1. The van der Waals surface area contributed by atoms with Gasteiger partial charge in [0.2, 0.25) is 0 Å². The zero-order valence-corrected chi connectivity index (χ0v) is 28.6. The van der Waals surface area contributed by atoms with Crippen molar-refractivity contribution in [3.8, 4) is 0 Å². The fourth-order valence-corrected chi connectivity index (χ4v) is 6.30. The van der Waals surface area contributed by atoms with Crippen molar-refractivity contribution in [3.63, 3.8) is 0 Å². The summed E-state index contributed by atoms with van der Waals surface area (Å²) in [6.07, 6.45) is 1.74. The van der Waals surface area contributed by atoms with Gasteiger partial charge in [-0.3, -0.25) is 0 Å². The van der Waals surface area contributed by atoms with Crippen molar-refractivity contribution < 1.29 is 87.8 Å². The summed E-state index contributed by atoms with van der Waals surface area (Å²) in [6.45, 7) is 0. The second-order valence-electron chi connectivity index (χ2n) is 11.8. The van der Waals surface area contributed by atoms with Crippen LogP contribution in [-0.2, 0) is 10.9 Å². The largest absolute Gasteiger partial charge is 0.207 e. The van der Waals surface area contributed by atoms with Gasteiger partial charge in [-0.05, 0) is 22.5 Å². The van der Waals surface area contributed by atoms with Crippen LogP contribution >= 0.6 is 0 Å². The predicted molar refractivity (Wildman–Crippen MR) is 169 cm³/mol. The molecule has 0 aliphatic carbocycles. The molecule has 0 aliphatic heterocycles. The van der Waals surface area contributed by atoms with E-state index in [0.717, 1.165) is 0 Å². The molecule has 0 saturated heterocycles. The Hall–Kier alpha value is -5.15. The van der Waals surface area contributed by atoms with Gasteiger partial charge in [0.1, 0.15) is 58.4 Å². The Bertz CT molecular complexity index is 2030. The Labute approximate surface area is 309 Å². The molecule has 0 atom stereocenters. The minimum absolute atomic E-state index is 0.524. The maximum absolute atomic E-state index is 15.4. The van der Waals surface area contributed by atoms with Gasteiger partial charge < -0.3 is 0 Å². The van der Waals surface area contributed by atoms with Gasteiger partial charge in [0, 0.05) is 0 Å². The highest BCUT2D eigenvalue weighted by molar-refractivity contribution is 7.95. The van der Waals surface area contributed by atoms with E-state index in [9.17, 15) is 52.7 Å². The first-order chi connectivity index (χ1) is 26.5. The van der Waals surface area contributed by atoms with E-state index in [1.165, 1.54) is 11.3 Å². The third kappa shape index (κ3) is 7.31. The smallest absolute Gasteiger partial charge is 0.200 e. The number of hydrogen-bond donors (Lipinski definition) is 0. The molecule has 22 heteroatoms. The van der Waals surface area contributed by atoms with Crippen molar-refractivity contribution in [2.45, 2.75) is 0 Å². The van der Waals surface area contributed by atoms with Crippen LogP contribution in [0.25, 0.3) is 6.08 Å². The van der Waals surface area contributed by atoms with Crippen LogP contribution in [0.2, 0.25) is 0 Å². The molecular weight excluding hydrogens is 843 g/mol. The molecule has 0 spiro atoms. The SMILES string of the molecule is C[S+](C)CC=Cc1ccccc1.Fc1c(F)c(F)c([B-](c2c(F)c(F)c(F)c(F)c2F)(c2c(F)c(F)c(F)c(F)c2F)c2c(F)c(F)c(F)c(F)c2F)c(F)c1F. The topological polar surface area (TPSA) is 0 Å². The van der Waals surface area contributed by atoms with Crippen LogP contribution in [0.3, 0.4) is 0 Å². The lowest BCUT2D eigenvalue weighted by Crippen LogP contribution is -2.81. The molecular formula is C35H15BF20S. The Morgan fingerprint density at radius 1 is 0.351 bits per heavy atom. The van der Waals surface area contributed by atoms with E-state index < -0.39 is 144 Å². The lowest BCUT2D eigenvalue weighted by atomic mass is 9.12. The summed E-state index contributed by atoms with van der Waals surface area (Å²) in [5.41, 5.74) is -13.0. The van der Waals surface area contributed by atoms with E-state index >= 15 is 35.1 Å². The third-order valence-electron chi connectivity index (χ3n) is 8.25. The summed E-state index contributed by atoms with van der Waals surface area (Å²) in [6, 6.07) is 10.4. The van der Waals surface area contributed by atoms with E-state index in [-0.39, 0.29) is 0 Å². The minimum atomic E-state index is -7.22. The quantitative estimate of drug-likeness (QED) is 0.0508. The highest BCUT2D eigenvalue weighted by Crippen LogP contribution is 2.30. The van der Waals surface area contributed by atoms with Crippen molar-refractivity contribution in [1.29, 1.82) is 0 Å². The molecule has 0 N–H and O–H groups in total. The molecule has 0 aliphatic rings. The highest BCUT2D eigenvalue weighted by atomic mass is 32.2. The molecule has 0 fully saturated rings. The maximum atomic E-state index is 15.4. The molecule has 0 nitrogen and oxygen atoms in total. The molecule has 0 bridgehead atoms. The standard InChI is InChI=1S/C24BF20.C11H15S/c26-5-1(6(27)14(35)21(42)13(5)34)25(2-7(28)15(36)22(43)16(37)8(2)29,3-9(30)17(38)23(44)18(39)10(3)31)4-11(32)19(40)24(45)20(41)12(4)33;1-12(2)10-6-9-11-7-4-3-5-8-11/h;3-9H,10H2,1-2H3/q-1;+1. The zero-order chi connectivity index (χ0) is 43.2. The summed E-state index contributed by atoms with van der Waals surface area (Å²) in [7, 11) is 0.524. The average Bonchev–Trinajstić information content (AvgIpc) is 3.18. The van der Waals surface area contributed by atoms with Gasteiger partial charge in [-0.25, -0.2) is 87.8 Å². The molecule has 5 aromatic carbocycles. The fourth-order valence-electron chi connectivity index (χ4n) is 5.82. The highest BCUT2D eigenvalue weighted by Gasteiger charge is 2.52. The number of rotatable bonds is 7. The van der Waals surface area contributed by atoms with Crippen molar-refractivity contribution in [1.82, 2.24) is 0 Å². The van der Waals surface area contributed by atoms with E-state index in [0.29, 0.717) is 10.9 Å². The molecule has 304 valence electrons. The Morgan fingerprint density at radius 2 is 0.561 bits per heavy atom. The van der Waals surface area contributed by atoms with Crippen LogP contribution in [0.4, 0.5) is 87.8 Å². The first-order valence-electron chi connectivity index (χ1n) is 15.0. The number of hydrogen-bond acceptors (Lipinski definition) is 0. The van der Waals surface area contributed by atoms with Crippen LogP contribution in [-0.4, -0.2) is 24.4 Å². The Kier molecular flexibility index (Phi) is 13.1. The van der Waals surface area contributed by atoms with Gasteiger partial charge in [0.25, 0.3) is 0 Å². The van der Waals surface area contributed by atoms with Gasteiger partial charge in [-0.15, -0.1) is 21.9 Å². The lowest BCUT2D eigenvalue weighted by Gasteiger charge is -2.44. The molecule has 5 rings (SSSR count). The summed E-state index contributed by atoms with van der Waals surface area (Å²) in [4.78, 5) is 0. The molecule has 0 aromatic heterocycles. The molecule has 0 saturated carbocycles. The van der Waals surface area contributed by atoms with Crippen LogP contribution in [0, 0.1) is 116 Å². The average molecular weight is 858 g/mol. The monoisotopic (exact) mass is 858 g/mol.